The van der Waals surface area contributed by atoms with Crippen molar-refractivity contribution >= 4 is 28.6 Å². The van der Waals surface area contributed by atoms with Crippen molar-refractivity contribution in [3.05, 3.63) is 46.4 Å². The largest absolute Gasteiger partial charge is 0.399 e. The summed E-state index contributed by atoms with van der Waals surface area (Å²) in [4.78, 5) is 15.1. The third kappa shape index (κ3) is 4.84. The number of halogens is 1. The number of hydrogen-bond donors (Lipinski definition) is 2. The summed E-state index contributed by atoms with van der Waals surface area (Å²) in [5.41, 5.74) is 6.11. The maximum atomic E-state index is 13.5. The highest BCUT2D eigenvalue weighted by Crippen LogP contribution is 2.17. The number of benzene rings is 1. The van der Waals surface area contributed by atoms with Gasteiger partial charge < -0.3 is 11.1 Å². The molecule has 0 radical (unpaired) electrons. The van der Waals surface area contributed by atoms with E-state index in [2.05, 4.69) is 11.4 Å². The molecule has 1 amide bonds. The Morgan fingerprint density at radius 2 is 2.24 bits per heavy atom. The van der Waals surface area contributed by atoms with Crippen LogP contribution in [0.1, 0.15) is 4.88 Å². The summed E-state index contributed by atoms with van der Waals surface area (Å²) in [6, 6.07) is 8.19. The predicted octanol–water partition coefficient (Wildman–Crippen LogP) is 2.58. The number of amides is 1. The van der Waals surface area contributed by atoms with E-state index in [-0.39, 0.29) is 18.1 Å². The van der Waals surface area contributed by atoms with Crippen molar-refractivity contribution in [2.45, 2.75) is 6.42 Å². The molecule has 0 aliphatic rings. The van der Waals surface area contributed by atoms with Gasteiger partial charge in [-0.05, 0) is 43.1 Å². The molecule has 0 aliphatic carbocycles. The molecule has 1 heterocycles. The first-order chi connectivity index (χ1) is 10.0. The van der Waals surface area contributed by atoms with Crippen LogP contribution in [-0.2, 0) is 11.2 Å². The van der Waals surface area contributed by atoms with Gasteiger partial charge in [-0.15, -0.1) is 11.3 Å². The molecule has 1 aromatic heterocycles. The number of nitrogen functional groups attached to an aromatic ring is 1. The van der Waals surface area contributed by atoms with Crippen LogP contribution in [0.4, 0.5) is 15.8 Å². The van der Waals surface area contributed by atoms with Crippen LogP contribution >= 0.6 is 11.3 Å². The van der Waals surface area contributed by atoms with Crippen molar-refractivity contribution < 1.29 is 9.18 Å². The van der Waals surface area contributed by atoms with E-state index in [0.717, 1.165) is 13.0 Å². The number of likely N-dealkylation sites (N-methyl/N-ethyl adjacent to an activating group) is 1. The fraction of sp³-hybridized carbons (Fsp3) is 0.267. The summed E-state index contributed by atoms with van der Waals surface area (Å²) >= 11 is 1.70. The monoisotopic (exact) mass is 307 g/mol. The van der Waals surface area contributed by atoms with E-state index >= 15 is 0 Å². The molecule has 0 aliphatic heterocycles. The molecule has 0 saturated heterocycles. The lowest BCUT2D eigenvalue weighted by atomic mass is 10.2. The van der Waals surface area contributed by atoms with Gasteiger partial charge in [0.05, 0.1) is 12.2 Å². The second kappa shape index (κ2) is 7.19. The second-order valence-electron chi connectivity index (χ2n) is 4.85. The molecule has 0 fully saturated rings. The van der Waals surface area contributed by atoms with Gasteiger partial charge in [0.25, 0.3) is 0 Å². The molecule has 0 saturated carbocycles. The molecule has 0 spiro atoms. The van der Waals surface area contributed by atoms with Crippen LogP contribution < -0.4 is 11.1 Å². The van der Waals surface area contributed by atoms with Crippen molar-refractivity contribution in [1.82, 2.24) is 4.90 Å². The van der Waals surface area contributed by atoms with Gasteiger partial charge in [0.2, 0.25) is 5.91 Å². The number of carbonyl (C=O) groups is 1. The summed E-state index contributed by atoms with van der Waals surface area (Å²) in [7, 11) is 1.86. The number of carbonyl (C=O) groups excluding carboxylic acids is 1. The Balaban J connectivity index is 1.82. The first kappa shape index (κ1) is 15.5. The molecule has 4 nitrogen and oxygen atoms in total. The van der Waals surface area contributed by atoms with E-state index in [0.29, 0.717) is 5.69 Å². The fourth-order valence-corrected chi connectivity index (χ4v) is 2.61. The van der Waals surface area contributed by atoms with Crippen molar-refractivity contribution in [1.29, 1.82) is 0 Å². The Hall–Kier alpha value is -1.92. The van der Waals surface area contributed by atoms with Gasteiger partial charge in [-0.3, -0.25) is 9.69 Å². The Kier molecular flexibility index (Phi) is 5.30. The number of hydrogen-bond acceptors (Lipinski definition) is 4. The third-order valence-corrected chi connectivity index (χ3v) is 3.93. The highest BCUT2D eigenvalue weighted by molar-refractivity contribution is 7.09. The first-order valence-electron chi connectivity index (χ1n) is 6.60. The average molecular weight is 307 g/mol. The number of thiophene rings is 1. The summed E-state index contributed by atoms with van der Waals surface area (Å²) in [6.45, 7) is 0.979. The third-order valence-electron chi connectivity index (χ3n) is 3.00. The normalized spacial score (nSPS) is 10.8. The van der Waals surface area contributed by atoms with Crippen molar-refractivity contribution in [3.63, 3.8) is 0 Å². The zero-order chi connectivity index (χ0) is 15.2. The predicted molar refractivity (Wildman–Crippen MR) is 85.0 cm³/mol. The first-order valence-corrected chi connectivity index (χ1v) is 7.48. The van der Waals surface area contributed by atoms with E-state index < -0.39 is 5.82 Å². The zero-order valence-corrected chi connectivity index (χ0v) is 12.6. The molecule has 0 bridgehead atoms. The topological polar surface area (TPSA) is 58.4 Å². The van der Waals surface area contributed by atoms with Gasteiger partial charge in [0, 0.05) is 17.1 Å². The van der Waals surface area contributed by atoms with Crippen molar-refractivity contribution in [2.24, 2.45) is 0 Å². The maximum absolute atomic E-state index is 13.5. The number of rotatable bonds is 6. The molecule has 1 aromatic carbocycles. The number of nitrogens with two attached hydrogens (primary N) is 1. The molecule has 112 valence electrons. The van der Waals surface area contributed by atoms with Crippen LogP contribution in [0.15, 0.2) is 35.7 Å². The zero-order valence-electron chi connectivity index (χ0n) is 11.8. The maximum Gasteiger partial charge on any atom is 0.238 e. The van der Waals surface area contributed by atoms with Gasteiger partial charge in [-0.25, -0.2) is 4.39 Å². The standard InChI is InChI=1S/C15H18FN3OS/c1-19(7-6-12-3-2-8-21-12)10-15(20)18-14-9-11(17)4-5-13(14)16/h2-5,8-9H,6-7,10,17H2,1H3,(H,18,20). The molecule has 21 heavy (non-hydrogen) atoms. The number of nitrogens with one attached hydrogen (secondary N) is 1. The van der Waals surface area contributed by atoms with E-state index in [1.165, 1.54) is 23.1 Å². The van der Waals surface area contributed by atoms with Crippen LogP contribution in [0.5, 0.6) is 0 Å². The van der Waals surface area contributed by atoms with E-state index in [1.54, 1.807) is 11.3 Å². The molecule has 3 N–H and O–H groups in total. The fourth-order valence-electron chi connectivity index (χ4n) is 1.91. The summed E-state index contributed by atoms with van der Waals surface area (Å²) in [6.07, 6.45) is 0.897. The van der Waals surface area contributed by atoms with Crippen LogP contribution in [0.2, 0.25) is 0 Å². The number of nitrogens with zero attached hydrogens (tertiary/aromatic N) is 1. The minimum Gasteiger partial charge on any atom is -0.399 e. The van der Waals surface area contributed by atoms with Crippen LogP contribution in [-0.4, -0.2) is 30.9 Å². The number of anilines is 2. The SMILES string of the molecule is CN(CCc1cccs1)CC(=O)Nc1cc(N)ccc1F. The quantitative estimate of drug-likeness (QED) is 0.807. The highest BCUT2D eigenvalue weighted by atomic mass is 32.1. The smallest absolute Gasteiger partial charge is 0.238 e. The summed E-state index contributed by atoms with van der Waals surface area (Å²) in [5, 5.41) is 4.57. The minimum atomic E-state index is -0.487. The summed E-state index contributed by atoms with van der Waals surface area (Å²) in [5.74, 6) is -0.744. The minimum absolute atomic E-state index is 0.117. The van der Waals surface area contributed by atoms with E-state index in [1.807, 2.05) is 23.4 Å². The molecule has 0 unspecified atom stereocenters. The second-order valence-corrected chi connectivity index (χ2v) is 5.89. The van der Waals surface area contributed by atoms with Crippen molar-refractivity contribution in [2.75, 3.05) is 31.2 Å². The molecule has 0 atom stereocenters. The molecular weight excluding hydrogens is 289 g/mol. The van der Waals surface area contributed by atoms with Gasteiger partial charge >= 0.3 is 0 Å². The molecular formula is C15H18FN3OS. The van der Waals surface area contributed by atoms with E-state index in [4.69, 9.17) is 5.73 Å². The van der Waals surface area contributed by atoms with Gasteiger partial charge in [-0.1, -0.05) is 6.07 Å². The lowest BCUT2D eigenvalue weighted by molar-refractivity contribution is -0.117. The Morgan fingerprint density at radius 3 is 2.95 bits per heavy atom. The van der Waals surface area contributed by atoms with E-state index in [9.17, 15) is 9.18 Å². The Morgan fingerprint density at radius 1 is 1.43 bits per heavy atom. The average Bonchev–Trinajstić information content (AvgIpc) is 2.94. The van der Waals surface area contributed by atoms with Gasteiger partial charge in [0.1, 0.15) is 5.82 Å². The molecule has 2 rings (SSSR count). The van der Waals surface area contributed by atoms with Gasteiger partial charge in [0.15, 0.2) is 0 Å². The lowest BCUT2D eigenvalue weighted by Gasteiger charge is -2.16. The van der Waals surface area contributed by atoms with Gasteiger partial charge in [-0.2, -0.15) is 0 Å². The highest BCUT2D eigenvalue weighted by Gasteiger charge is 2.10. The Bertz CT molecular complexity index is 601. The Labute approximate surface area is 127 Å². The lowest BCUT2D eigenvalue weighted by Crippen LogP contribution is -2.31. The molecule has 6 heteroatoms. The summed E-state index contributed by atoms with van der Waals surface area (Å²) < 4.78 is 13.5. The molecule has 2 aromatic rings. The van der Waals surface area contributed by atoms with Crippen LogP contribution in [0.25, 0.3) is 0 Å². The van der Waals surface area contributed by atoms with Crippen molar-refractivity contribution in [3.8, 4) is 0 Å². The van der Waals surface area contributed by atoms with Crippen LogP contribution in [0.3, 0.4) is 0 Å². The van der Waals surface area contributed by atoms with Crippen LogP contribution in [0, 0.1) is 5.82 Å².